The summed E-state index contributed by atoms with van der Waals surface area (Å²) in [6, 6.07) is 12.8. The Hall–Kier alpha value is -5.40. The van der Waals surface area contributed by atoms with Gasteiger partial charge in [-0.3, -0.25) is 19.4 Å². The monoisotopic (exact) mass is 738 g/mol. The first-order valence-corrected chi connectivity index (χ1v) is 17.3. The molecule has 2 amide bonds. The van der Waals surface area contributed by atoms with Crippen molar-refractivity contribution < 1.29 is 42.9 Å². The molecule has 3 N–H and O–H groups in total. The minimum atomic E-state index is -0.478. The van der Waals surface area contributed by atoms with Gasteiger partial charge in [0.1, 0.15) is 29.9 Å². The number of pyridine rings is 1. The summed E-state index contributed by atoms with van der Waals surface area (Å²) >= 11 is 0. The highest BCUT2D eigenvalue weighted by molar-refractivity contribution is 6.15. The number of para-hydroxylation sites is 1. The fraction of sp³-hybridized carbons (Fsp3) is 0.375. The van der Waals surface area contributed by atoms with Gasteiger partial charge >= 0.3 is 5.97 Å². The quantitative estimate of drug-likeness (QED) is 0.0748. The first-order chi connectivity index (χ1) is 25.5. The van der Waals surface area contributed by atoms with Gasteiger partial charge in [0.2, 0.25) is 0 Å². The third-order valence-electron chi connectivity index (χ3n) is 7.05. The number of phenols is 1. The molecule has 1 aromatic heterocycles. The van der Waals surface area contributed by atoms with Crippen molar-refractivity contribution in [2.75, 3.05) is 40.1 Å². The van der Waals surface area contributed by atoms with E-state index in [0.29, 0.717) is 43.1 Å². The Kier molecular flexibility index (Phi) is 24.5. The highest BCUT2D eigenvalue weighted by atomic mass is 19.1. The number of ether oxygens (including phenoxy) is 3. The van der Waals surface area contributed by atoms with E-state index in [2.05, 4.69) is 22.2 Å². The Morgan fingerprint density at radius 1 is 1.08 bits per heavy atom. The minimum absolute atomic E-state index is 0.0954. The second-order valence-corrected chi connectivity index (χ2v) is 10.6. The zero-order chi connectivity index (χ0) is 40.3. The third kappa shape index (κ3) is 15.4. The van der Waals surface area contributed by atoms with E-state index in [4.69, 9.17) is 19.0 Å². The van der Waals surface area contributed by atoms with Crippen molar-refractivity contribution in [2.24, 2.45) is 0 Å². The van der Waals surface area contributed by atoms with E-state index in [0.717, 1.165) is 17.4 Å². The SMILES string of the molecule is C=C/C(F)=C\C=C(/C)CN1Cc2c(c(O)c3ncccc3c2C(=O)NCC)C1=O.C=O.CC.CCOC(=O)C(C)NC.CCOCOc1ccccc1. The van der Waals surface area contributed by atoms with Crippen molar-refractivity contribution in [3.63, 3.8) is 0 Å². The number of nitrogens with zero attached hydrogens (tertiary/aromatic N) is 2. The molecule has 1 aliphatic rings. The molecule has 0 radical (unpaired) electrons. The molecule has 0 aliphatic carbocycles. The predicted octanol–water partition coefficient (Wildman–Crippen LogP) is 6.69. The molecule has 0 saturated carbocycles. The minimum Gasteiger partial charge on any atom is -0.505 e. The third-order valence-corrected chi connectivity index (χ3v) is 7.05. The largest absolute Gasteiger partial charge is 0.505 e. The Balaban J connectivity index is 0.000000923. The van der Waals surface area contributed by atoms with Crippen LogP contribution in [0.1, 0.15) is 74.7 Å². The van der Waals surface area contributed by atoms with Crippen molar-refractivity contribution in [1.82, 2.24) is 20.5 Å². The lowest BCUT2D eigenvalue weighted by Gasteiger charge is -2.16. The van der Waals surface area contributed by atoms with Crippen molar-refractivity contribution >= 4 is 35.5 Å². The van der Waals surface area contributed by atoms with Crippen molar-refractivity contribution in [1.29, 1.82) is 0 Å². The summed E-state index contributed by atoms with van der Waals surface area (Å²) in [6.07, 6.45) is 5.43. The molecule has 4 rings (SSSR count). The van der Waals surface area contributed by atoms with Crippen molar-refractivity contribution in [2.45, 2.75) is 61.1 Å². The Morgan fingerprint density at radius 3 is 2.30 bits per heavy atom. The molecule has 3 aromatic rings. The highest BCUT2D eigenvalue weighted by Gasteiger charge is 2.36. The summed E-state index contributed by atoms with van der Waals surface area (Å²) in [5.41, 5.74) is 1.87. The van der Waals surface area contributed by atoms with Crippen LogP contribution in [0.3, 0.4) is 0 Å². The zero-order valence-electron chi connectivity index (χ0n) is 32.2. The molecular weight excluding hydrogens is 683 g/mol. The van der Waals surface area contributed by atoms with Crippen LogP contribution in [0, 0.1) is 0 Å². The predicted molar refractivity (Wildman–Crippen MR) is 206 cm³/mol. The first kappa shape index (κ1) is 47.6. The maximum atomic E-state index is 13.3. The van der Waals surface area contributed by atoms with E-state index in [1.165, 1.54) is 17.2 Å². The van der Waals surface area contributed by atoms with E-state index in [1.807, 2.05) is 57.9 Å². The number of aromatic hydroxyl groups is 1. The average molecular weight is 739 g/mol. The number of carbonyl (C=O) groups excluding carboxylic acids is 4. The summed E-state index contributed by atoms with van der Waals surface area (Å²) in [6.45, 7) is 20.7. The number of amides is 2. The lowest BCUT2D eigenvalue weighted by Crippen LogP contribution is -2.32. The maximum Gasteiger partial charge on any atom is 0.322 e. The zero-order valence-corrected chi connectivity index (χ0v) is 32.2. The molecule has 290 valence electrons. The molecule has 0 saturated heterocycles. The van der Waals surface area contributed by atoms with Gasteiger partial charge in [0.25, 0.3) is 11.8 Å². The number of carbonyl (C=O) groups is 4. The van der Waals surface area contributed by atoms with E-state index in [-0.39, 0.29) is 47.8 Å². The molecule has 13 heteroatoms. The number of esters is 1. The second kappa shape index (κ2) is 27.3. The summed E-state index contributed by atoms with van der Waals surface area (Å²) < 4.78 is 28.2. The molecule has 0 bridgehead atoms. The molecule has 12 nitrogen and oxygen atoms in total. The molecule has 2 heterocycles. The van der Waals surface area contributed by atoms with E-state index < -0.39 is 11.7 Å². The number of likely N-dealkylation sites (N-methyl/N-ethyl adjacent to an activating group) is 1. The molecule has 2 aromatic carbocycles. The first-order valence-electron chi connectivity index (χ1n) is 17.3. The normalized spacial score (nSPS) is 12.2. The van der Waals surface area contributed by atoms with E-state index >= 15 is 0 Å². The van der Waals surface area contributed by atoms with Gasteiger partial charge in [-0.05, 0) is 72.0 Å². The molecule has 1 atom stereocenters. The molecule has 53 heavy (non-hydrogen) atoms. The number of fused-ring (bicyclic) bond motifs is 2. The van der Waals surface area contributed by atoms with Gasteiger partial charge < -0.3 is 39.6 Å². The van der Waals surface area contributed by atoms with Gasteiger partial charge in [-0.1, -0.05) is 56.3 Å². The Labute approximate surface area is 312 Å². The number of halogens is 1. The van der Waals surface area contributed by atoms with Gasteiger partial charge in [0.05, 0.1) is 17.7 Å². The van der Waals surface area contributed by atoms with Crippen LogP contribution in [0.25, 0.3) is 10.9 Å². The van der Waals surface area contributed by atoms with Gasteiger partial charge in [0, 0.05) is 43.4 Å². The summed E-state index contributed by atoms with van der Waals surface area (Å²) in [5, 5.41) is 16.7. The van der Waals surface area contributed by atoms with Gasteiger partial charge in [0.15, 0.2) is 12.5 Å². The van der Waals surface area contributed by atoms with Crippen LogP contribution in [-0.2, 0) is 25.6 Å². The van der Waals surface area contributed by atoms with Gasteiger partial charge in [-0.25, -0.2) is 4.39 Å². The summed E-state index contributed by atoms with van der Waals surface area (Å²) in [4.78, 5) is 50.1. The fourth-order valence-electron chi connectivity index (χ4n) is 4.53. The van der Waals surface area contributed by atoms with Gasteiger partial charge in [-0.2, -0.15) is 0 Å². The number of allylic oxidation sites excluding steroid dienone is 4. The van der Waals surface area contributed by atoms with Crippen LogP contribution in [0.15, 0.2) is 84.9 Å². The summed E-state index contributed by atoms with van der Waals surface area (Å²) in [7, 11) is 1.72. The topological polar surface area (TPSA) is 156 Å². The lowest BCUT2D eigenvalue weighted by molar-refractivity contribution is -0.145. The van der Waals surface area contributed by atoms with Crippen LogP contribution in [0.5, 0.6) is 11.5 Å². The van der Waals surface area contributed by atoms with E-state index in [1.54, 1.807) is 53.0 Å². The van der Waals surface area contributed by atoms with Gasteiger partial charge in [-0.15, -0.1) is 0 Å². The van der Waals surface area contributed by atoms with E-state index in [9.17, 15) is 23.9 Å². The molecule has 1 aliphatic heterocycles. The summed E-state index contributed by atoms with van der Waals surface area (Å²) in [5.74, 6) is -0.763. The molecule has 1 unspecified atom stereocenters. The second-order valence-electron chi connectivity index (χ2n) is 10.6. The van der Waals surface area contributed by atoms with Crippen LogP contribution < -0.4 is 15.4 Å². The Morgan fingerprint density at radius 2 is 1.74 bits per heavy atom. The van der Waals surface area contributed by atoms with Crippen LogP contribution in [-0.4, -0.2) is 85.7 Å². The van der Waals surface area contributed by atoms with Crippen LogP contribution in [0.4, 0.5) is 4.39 Å². The number of benzene rings is 2. The molecular formula is C40H55FN4O8. The fourth-order valence-corrected chi connectivity index (χ4v) is 4.53. The van der Waals surface area contributed by atoms with Crippen LogP contribution >= 0.6 is 0 Å². The Bertz CT molecular complexity index is 1650. The lowest BCUT2D eigenvalue weighted by atomic mass is 9.96. The molecule has 0 fully saturated rings. The van der Waals surface area contributed by atoms with Crippen molar-refractivity contribution in [3.05, 3.63) is 102 Å². The average Bonchev–Trinajstić information content (AvgIpc) is 3.51. The number of hydrogen-bond acceptors (Lipinski definition) is 10. The number of aromatic nitrogens is 1. The smallest absolute Gasteiger partial charge is 0.322 e. The standard InChI is InChI=1S/C22H22FN3O3.C9H12O2.C6H13NO2.C2H6.CH2O/c1-4-14(23)9-8-13(3)11-26-12-16-17(21(28)24-5-2)15-7-6-10-25-19(15)20(27)18(16)22(26)29;1-2-10-8-11-9-6-4-3-5-7-9;1-4-9-6(8)5(2)7-3;2*1-2/h4,6-10,27H,1,5,11-12H2,2-3H3,(H,24,28);3-7H,2,8H2,1H3;5,7H,4H2,1-3H3;1-2H3;1H2/b13-8+,14-9+;;;;. The number of rotatable bonds is 13. The molecule has 0 spiro atoms. The highest BCUT2D eigenvalue weighted by Crippen LogP contribution is 2.39. The maximum absolute atomic E-state index is 13.3. The van der Waals surface area contributed by atoms with Crippen LogP contribution in [0.2, 0.25) is 0 Å². The van der Waals surface area contributed by atoms with Crippen molar-refractivity contribution in [3.8, 4) is 11.5 Å². The number of hydrogen-bond donors (Lipinski definition) is 3. The number of phenolic OH excluding ortho intramolecular Hbond substituents is 1. The number of nitrogens with one attached hydrogen (secondary N) is 2.